The van der Waals surface area contributed by atoms with E-state index in [2.05, 4.69) is 41.5 Å². The van der Waals surface area contributed by atoms with Crippen LogP contribution in [0, 0.1) is 12.8 Å². The summed E-state index contributed by atoms with van der Waals surface area (Å²) in [6, 6.07) is 3.49. The van der Waals surface area contributed by atoms with Crippen LogP contribution in [0.5, 0.6) is 0 Å². The number of halogens is 2. The van der Waals surface area contributed by atoms with Crippen LogP contribution in [0.2, 0.25) is 0 Å². The number of H-pyrrole nitrogens is 1. The molecule has 0 aromatic carbocycles. The fraction of sp³-hybridized carbons (Fsp3) is 0.261. The van der Waals surface area contributed by atoms with Gasteiger partial charge in [0.1, 0.15) is 17.8 Å². The van der Waals surface area contributed by atoms with E-state index in [9.17, 15) is 13.6 Å². The largest absolute Gasteiger partial charge is 0.342 e. The number of carbonyl (C=O) groups is 1. The molecule has 0 fully saturated rings. The number of thiophene rings is 1. The maximum absolute atomic E-state index is 13.7. The van der Waals surface area contributed by atoms with Crippen LogP contribution >= 0.6 is 11.3 Å². The summed E-state index contributed by atoms with van der Waals surface area (Å²) in [4.78, 5) is 24.1. The number of rotatable bonds is 7. The smallest absolute Gasteiger partial charge is 0.282 e. The molecule has 13 heteroatoms. The summed E-state index contributed by atoms with van der Waals surface area (Å²) in [5.74, 6) is 0.424. The second-order valence-corrected chi connectivity index (χ2v) is 9.69. The summed E-state index contributed by atoms with van der Waals surface area (Å²) in [6.07, 6.45) is 4.22. The molecular weight excluding hydrogens is 488 g/mol. The van der Waals surface area contributed by atoms with Crippen molar-refractivity contribution in [1.29, 1.82) is 0 Å². The number of carbonyl (C=O) groups excluding carboxylic acids is 1. The lowest BCUT2D eigenvalue weighted by molar-refractivity contribution is -0.118. The van der Waals surface area contributed by atoms with Crippen LogP contribution in [-0.2, 0) is 4.79 Å². The van der Waals surface area contributed by atoms with Crippen molar-refractivity contribution in [1.82, 2.24) is 45.0 Å². The summed E-state index contributed by atoms with van der Waals surface area (Å²) in [7, 11) is 0. The van der Waals surface area contributed by atoms with E-state index in [0.717, 1.165) is 20.6 Å². The highest BCUT2D eigenvalue weighted by Gasteiger charge is 2.27. The van der Waals surface area contributed by atoms with Gasteiger partial charge in [0.15, 0.2) is 11.5 Å². The highest BCUT2D eigenvalue weighted by molar-refractivity contribution is 7.15. The molecule has 0 spiro atoms. The first-order chi connectivity index (χ1) is 17.3. The third-order valence-electron chi connectivity index (χ3n) is 5.59. The second kappa shape index (κ2) is 9.44. The molecule has 0 saturated carbocycles. The molecule has 5 heterocycles. The standard InChI is InChI=1S/C23H21F2N9OS/c1-12(2)19(21-27-11-29-31-21)30-23(35)14-5-6-15(34-17(20(24)25)9-28-32-34)22-26-8-16(33(22)10-14)18-7-4-13(3)36-18/h4-5,7-12,19-20H,1-3H3,(H,30,35)(H,27,29,31). The van der Waals surface area contributed by atoms with E-state index in [4.69, 9.17) is 0 Å². The van der Waals surface area contributed by atoms with Gasteiger partial charge in [0.2, 0.25) is 0 Å². The highest BCUT2D eigenvalue weighted by atomic mass is 32.1. The minimum Gasteiger partial charge on any atom is -0.342 e. The normalized spacial score (nSPS) is 14.0. The van der Waals surface area contributed by atoms with Crippen LogP contribution < -0.4 is 5.32 Å². The van der Waals surface area contributed by atoms with Crippen molar-refractivity contribution in [3.63, 3.8) is 0 Å². The second-order valence-electron chi connectivity index (χ2n) is 8.41. The Bertz CT molecular complexity index is 1500. The van der Waals surface area contributed by atoms with Gasteiger partial charge in [-0.2, -0.15) is 5.10 Å². The number of hydrogen-bond donors (Lipinski definition) is 2. The number of alkyl halides is 2. The first-order valence-electron chi connectivity index (χ1n) is 11.0. The minimum atomic E-state index is -2.81. The first-order valence-corrected chi connectivity index (χ1v) is 11.8. The van der Waals surface area contributed by atoms with Gasteiger partial charge in [0.25, 0.3) is 12.3 Å². The van der Waals surface area contributed by atoms with Crippen LogP contribution in [0.1, 0.15) is 48.5 Å². The van der Waals surface area contributed by atoms with Gasteiger partial charge >= 0.3 is 0 Å². The van der Waals surface area contributed by atoms with E-state index in [1.54, 1.807) is 28.3 Å². The van der Waals surface area contributed by atoms with E-state index in [1.807, 2.05) is 32.9 Å². The molecular formula is C23H21F2N9OS. The molecule has 0 saturated heterocycles. The van der Waals surface area contributed by atoms with Gasteiger partial charge in [-0.1, -0.05) is 24.8 Å². The lowest BCUT2D eigenvalue weighted by atomic mass is 10.0. The number of amides is 1. The summed E-state index contributed by atoms with van der Waals surface area (Å²) < 4.78 is 30.0. The fourth-order valence-electron chi connectivity index (χ4n) is 3.79. The Balaban J connectivity index is 1.63. The average molecular weight is 510 g/mol. The predicted molar refractivity (Wildman–Crippen MR) is 129 cm³/mol. The Morgan fingerprint density at radius 2 is 2.06 bits per heavy atom. The number of nitrogens with zero attached hydrogens (tertiary/aromatic N) is 7. The van der Waals surface area contributed by atoms with Crippen molar-refractivity contribution < 1.29 is 13.6 Å². The van der Waals surface area contributed by atoms with Crippen molar-refractivity contribution in [3.8, 4) is 10.6 Å². The zero-order valence-corrected chi connectivity index (χ0v) is 20.3. The highest BCUT2D eigenvalue weighted by Crippen LogP contribution is 2.33. The maximum Gasteiger partial charge on any atom is 0.282 e. The minimum absolute atomic E-state index is 0.0144. The quantitative estimate of drug-likeness (QED) is 0.364. The number of nitrogens with one attached hydrogen (secondary N) is 2. The molecule has 0 bridgehead atoms. The van der Waals surface area contributed by atoms with E-state index >= 15 is 0 Å². The molecule has 4 aromatic rings. The van der Waals surface area contributed by atoms with Crippen LogP contribution in [0.25, 0.3) is 22.5 Å². The molecule has 1 aliphatic heterocycles. The molecule has 1 atom stereocenters. The van der Waals surface area contributed by atoms with Gasteiger partial charge in [-0.15, -0.1) is 16.4 Å². The number of aromatic nitrogens is 8. The van der Waals surface area contributed by atoms with Gasteiger partial charge < -0.3 is 5.32 Å². The van der Waals surface area contributed by atoms with E-state index in [-0.39, 0.29) is 23.0 Å². The molecule has 36 heavy (non-hydrogen) atoms. The molecule has 1 aliphatic rings. The predicted octanol–water partition coefficient (Wildman–Crippen LogP) is 3.98. The molecule has 4 aromatic heterocycles. The van der Waals surface area contributed by atoms with Gasteiger partial charge in [-0.25, -0.2) is 23.4 Å². The van der Waals surface area contributed by atoms with Crippen molar-refractivity contribution in [2.24, 2.45) is 5.92 Å². The first kappa shape index (κ1) is 23.5. The summed E-state index contributed by atoms with van der Waals surface area (Å²) in [5, 5.41) is 17.1. The molecule has 1 unspecified atom stereocenters. The third-order valence-corrected chi connectivity index (χ3v) is 6.61. The third kappa shape index (κ3) is 4.30. The van der Waals surface area contributed by atoms with E-state index in [0.29, 0.717) is 11.5 Å². The molecule has 0 aliphatic carbocycles. The van der Waals surface area contributed by atoms with Crippen molar-refractivity contribution in [2.45, 2.75) is 33.2 Å². The lowest BCUT2D eigenvalue weighted by Crippen LogP contribution is -2.33. The average Bonchev–Trinajstić information content (AvgIpc) is 3.63. The van der Waals surface area contributed by atoms with Crippen LogP contribution in [0.3, 0.4) is 0 Å². The van der Waals surface area contributed by atoms with Crippen molar-refractivity contribution in [2.75, 3.05) is 0 Å². The van der Waals surface area contributed by atoms with Crippen molar-refractivity contribution in [3.05, 3.63) is 70.5 Å². The van der Waals surface area contributed by atoms with Crippen LogP contribution in [0.15, 0.2) is 48.2 Å². The Hall–Kier alpha value is -4.22. The molecule has 5 rings (SSSR count). The van der Waals surface area contributed by atoms with Gasteiger partial charge in [0, 0.05) is 11.1 Å². The number of aromatic amines is 1. The monoisotopic (exact) mass is 509 g/mol. The summed E-state index contributed by atoms with van der Waals surface area (Å²) in [5.41, 5.74) is 3.60. The SMILES string of the molecule is Cc1ccc(-c2cnc3n2C=C(C(=O)NC(c2ncn[nH]2)C(C)C)C=C=C3n2nncc2C(F)F)s1. The Kier molecular flexibility index (Phi) is 6.17. The lowest BCUT2D eigenvalue weighted by Gasteiger charge is -2.20. The molecule has 0 radical (unpaired) electrons. The molecule has 10 nitrogen and oxygen atoms in total. The van der Waals surface area contributed by atoms with Gasteiger partial charge in [0.05, 0.1) is 34.6 Å². The number of imidazole rings is 1. The van der Waals surface area contributed by atoms with Crippen LogP contribution in [0.4, 0.5) is 8.78 Å². The molecule has 1 amide bonds. The summed E-state index contributed by atoms with van der Waals surface area (Å²) in [6.45, 7) is 5.88. The Morgan fingerprint density at radius 3 is 2.72 bits per heavy atom. The zero-order chi connectivity index (χ0) is 25.4. The van der Waals surface area contributed by atoms with Crippen LogP contribution in [-0.4, -0.2) is 45.6 Å². The van der Waals surface area contributed by atoms with Gasteiger partial charge in [-0.3, -0.25) is 14.5 Å². The maximum atomic E-state index is 13.7. The Morgan fingerprint density at radius 1 is 1.22 bits per heavy atom. The summed E-state index contributed by atoms with van der Waals surface area (Å²) >= 11 is 1.55. The zero-order valence-electron chi connectivity index (χ0n) is 19.5. The van der Waals surface area contributed by atoms with E-state index in [1.165, 1.54) is 12.4 Å². The number of fused-ring (bicyclic) bond motifs is 1. The van der Waals surface area contributed by atoms with Gasteiger partial charge in [-0.05, 0) is 31.1 Å². The topological polar surface area (TPSA) is 119 Å². The number of hydrogen-bond acceptors (Lipinski definition) is 7. The molecule has 184 valence electrons. The molecule has 2 N–H and O–H groups in total. The van der Waals surface area contributed by atoms with E-state index < -0.39 is 24.1 Å². The fourth-order valence-corrected chi connectivity index (χ4v) is 4.67. The van der Waals surface area contributed by atoms with Crippen molar-refractivity contribution >= 4 is 29.1 Å². The number of aryl methyl sites for hydroxylation is 1. The Labute approximate surface area is 208 Å².